The molecule has 0 bridgehead atoms. The maximum Gasteiger partial charge on any atom is 0.309 e. The smallest absolute Gasteiger partial charge is 0.309 e. The molecule has 1 fully saturated rings. The van der Waals surface area contributed by atoms with Gasteiger partial charge in [-0.25, -0.2) is 0 Å². The van der Waals surface area contributed by atoms with Crippen LogP contribution in [-0.2, 0) is 9.53 Å². The first-order chi connectivity index (χ1) is 7.13. The van der Waals surface area contributed by atoms with Crippen LogP contribution in [0.15, 0.2) is 12.2 Å². The van der Waals surface area contributed by atoms with Gasteiger partial charge in [0.2, 0.25) is 0 Å². The standard InChI is InChI=1S/C12H21NO2/c1-4-15-12(14)11-5-7-13(8-6-11)9-10(2)3/h11H,2,4-9H2,1,3H3. The van der Waals surface area contributed by atoms with E-state index in [1.165, 1.54) is 5.57 Å². The first kappa shape index (κ1) is 12.2. The summed E-state index contributed by atoms with van der Waals surface area (Å²) in [7, 11) is 0. The molecule has 1 aliphatic heterocycles. The molecule has 0 radical (unpaired) electrons. The first-order valence-corrected chi connectivity index (χ1v) is 5.66. The van der Waals surface area contributed by atoms with Gasteiger partial charge in [0.15, 0.2) is 0 Å². The maximum absolute atomic E-state index is 11.5. The Morgan fingerprint density at radius 2 is 2.07 bits per heavy atom. The van der Waals surface area contributed by atoms with E-state index in [4.69, 9.17) is 4.74 Å². The van der Waals surface area contributed by atoms with Crippen LogP contribution in [-0.4, -0.2) is 37.1 Å². The minimum absolute atomic E-state index is 0.0209. The summed E-state index contributed by atoms with van der Waals surface area (Å²) in [6.07, 6.45) is 1.85. The number of hydrogen-bond donors (Lipinski definition) is 0. The van der Waals surface area contributed by atoms with Crippen LogP contribution in [0.1, 0.15) is 26.7 Å². The van der Waals surface area contributed by atoms with E-state index >= 15 is 0 Å². The largest absolute Gasteiger partial charge is 0.466 e. The van der Waals surface area contributed by atoms with Gasteiger partial charge < -0.3 is 4.74 Å². The number of carbonyl (C=O) groups excluding carboxylic acids is 1. The minimum Gasteiger partial charge on any atom is -0.466 e. The predicted molar refractivity (Wildman–Crippen MR) is 60.6 cm³/mol. The maximum atomic E-state index is 11.5. The number of ether oxygens (including phenoxy) is 1. The number of nitrogens with zero attached hydrogens (tertiary/aromatic N) is 1. The fraction of sp³-hybridized carbons (Fsp3) is 0.750. The highest BCUT2D eigenvalue weighted by atomic mass is 16.5. The molecule has 0 aromatic rings. The topological polar surface area (TPSA) is 29.5 Å². The van der Waals surface area contributed by atoms with Crippen molar-refractivity contribution in [1.29, 1.82) is 0 Å². The number of likely N-dealkylation sites (tertiary alicyclic amines) is 1. The Morgan fingerprint density at radius 1 is 1.47 bits per heavy atom. The summed E-state index contributed by atoms with van der Waals surface area (Å²) in [6.45, 7) is 11.2. The van der Waals surface area contributed by atoms with Gasteiger partial charge in [-0.3, -0.25) is 9.69 Å². The Labute approximate surface area is 92.1 Å². The molecule has 0 unspecified atom stereocenters. The lowest BCUT2D eigenvalue weighted by Gasteiger charge is -2.30. The van der Waals surface area contributed by atoms with E-state index in [1.807, 2.05) is 13.8 Å². The average Bonchev–Trinajstić information content (AvgIpc) is 2.18. The Balaban J connectivity index is 2.29. The molecule has 1 aliphatic rings. The number of piperidine rings is 1. The molecular formula is C12H21NO2. The molecule has 3 nitrogen and oxygen atoms in total. The van der Waals surface area contributed by atoms with E-state index in [1.54, 1.807) is 0 Å². The van der Waals surface area contributed by atoms with Crippen molar-refractivity contribution in [2.24, 2.45) is 5.92 Å². The Morgan fingerprint density at radius 3 is 2.53 bits per heavy atom. The molecule has 86 valence electrons. The molecule has 15 heavy (non-hydrogen) atoms. The van der Waals surface area contributed by atoms with Crippen molar-refractivity contribution in [1.82, 2.24) is 4.90 Å². The molecule has 0 N–H and O–H groups in total. The van der Waals surface area contributed by atoms with Crippen molar-refractivity contribution in [3.05, 3.63) is 12.2 Å². The zero-order valence-corrected chi connectivity index (χ0v) is 9.79. The van der Waals surface area contributed by atoms with Crippen LogP contribution >= 0.6 is 0 Å². The van der Waals surface area contributed by atoms with Crippen molar-refractivity contribution >= 4 is 5.97 Å². The summed E-state index contributed by atoms with van der Waals surface area (Å²) in [5.74, 6) is 0.0961. The molecule has 0 spiro atoms. The van der Waals surface area contributed by atoms with Crippen LogP contribution in [0.25, 0.3) is 0 Å². The van der Waals surface area contributed by atoms with Crippen LogP contribution in [0.4, 0.5) is 0 Å². The van der Waals surface area contributed by atoms with Gasteiger partial charge in [-0.05, 0) is 39.8 Å². The summed E-state index contributed by atoms with van der Waals surface area (Å²) in [6, 6.07) is 0. The van der Waals surface area contributed by atoms with Crippen molar-refractivity contribution in [3.63, 3.8) is 0 Å². The number of carbonyl (C=O) groups is 1. The second kappa shape index (κ2) is 5.91. The van der Waals surface area contributed by atoms with E-state index < -0.39 is 0 Å². The average molecular weight is 211 g/mol. The summed E-state index contributed by atoms with van der Waals surface area (Å²) >= 11 is 0. The molecular weight excluding hydrogens is 190 g/mol. The molecule has 0 saturated carbocycles. The minimum atomic E-state index is -0.0209. The molecule has 1 heterocycles. The van der Waals surface area contributed by atoms with Crippen LogP contribution in [0, 0.1) is 5.92 Å². The zero-order valence-electron chi connectivity index (χ0n) is 9.79. The van der Waals surface area contributed by atoms with Crippen LogP contribution in [0.3, 0.4) is 0 Å². The van der Waals surface area contributed by atoms with Gasteiger partial charge >= 0.3 is 5.97 Å². The van der Waals surface area contributed by atoms with E-state index in [0.717, 1.165) is 32.5 Å². The van der Waals surface area contributed by atoms with Gasteiger partial charge in [-0.15, -0.1) is 0 Å². The number of rotatable bonds is 4. The van der Waals surface area contributed by atoms with Crippen molar-refractivity contribution in [2.45, 2.75) is 26.7 Å². The lowest BCUT2D eigenvalue weighted by Crippen LogP contribution is -2.37. The lowest BCUT2D eigenvalue weighted by molar-refractivity contribution is -0.149. The highest BCUT2D eigenvalue weighted by Crippen LogP contribution is 2.18. The second-order valence-corrected chi connectivity index (χ2v) is 4.26. The Hall–Kier alpha value is -0.830. The predicted octanol–water partition coefficient (Wildman–Crippen LogP) is 1.84. The molecule has 1 saturated heterocycles. The number of esters is 1. The van der Waals surface area contributed by atoms with Crippen molar-refractivity contribution in [3.8, 4) is 0 Å². The van der Waals surface area contributed by atoms with Gasteiger partial charge in [-0.1, -0.05) is 12.2 Å². The second-order valence-electron chi connectivity index (χ2n) is 4.26. The van der Waals surface area contributed by atoms with Gasteiger partial charge in [0.1, 0.15) is 0 Å². The van der Waals surface area contributed by atoms with Crippen LogP contribution < -0.4 is 0 Å². The molecule has 3 heteroatoms. The van der Waals surface area contributed by atoms with Crippen molar-refractivity contribution < 1.29 is 9.53 Å². The van der Waals surface area contributed by atoms with Gasteiger partial charge in [0.05, 0.1) is 12.5 Å². The monoisotopic (exact) mass is 211 g/mol. The van der Waals surface area contributed by atoms with E-state index in [0.29, 0.717) is 6.61 Å². The third-order valence-corrected chi connectivity index (χ3v) is 2.70. The summed E-state index contributed by atoms with van der Waals surface area (Å²) in [5, 5.41) is 0. The quantitative estimate of drug-likeness (QED) is 0.525. The lowest BCUT2D eigenvalue weighted by atomic mass is 9.97. The van der Waals surface area contributed by atoms with Gasteiger partial charge in [-0.2, -0.15) is 0 Å². The molecule has 0 aromatic carbocycles. The van der Waals surface area contributed by atoms with E-state index in [-0.39, 0.29) is 11.9 Å². The van der Waals surface area contributed by atoms with Gasteiger partial charge in [0, 0.05) is 6.54 Å². The molecule has 0 amide bonds. The van der Waals surface area contributed by atoms with Crippen LogP contribution in [0.5, 0.6) is 0 Å². The van der Waals surface area contributed by atoms with Crippen LogP contribution in [0.2, 0.25) is 0 Å². The fourth-order valence-corrected chi connectivity index (χ4v) is 1.97. The Bertz CT molecular complexity index is 230. The van der Waals surface area contributed by atoms with E-state index in [2.05, 4.69) is 11.5 Å². The SMILES string of the molecule is C=C(C)CN1CCC(C(=O)OCC)CC1. The summed E-state index contributed by atoms with van der Waals surface area (Å²) in [5.41, 5.74) is 1.18. The summed E-state index contributed by atoms with van der Waals surface area (Å²) < 4.78 is 5.02. The molecule has 0 aliphatic carbocycles. The summed E-state index contributed by atoms with van der Waals surface area (Å²) in [4.78, 5) is 13.8. The molecule has 1 rings (SSSR count). The van der Waals surface area contributed by atoms with E-state index in [9.17, 15) is 4.79 Å². The van der Waals surface area contributed by atoms with Crippen molar-refractivity contribution in [2.75, 3.05) is 26.2 Å². The highest BCUT2D eigenvalue weighted by Gasteiger charge is 2.25. The molecule has 0 atom stereocenters. The first-order valence-electron chi connectivity index (χ1n) is 5.66. The Kier molecular flexibility index (Phi) is 4.82. The highest BCUT2D eigenvalue weighted by molar-refractivity contribution is 5.72. The molecule has 0 aromatic heterocycles. The normalized spacial score (nSPS) is 18.8. The zero-order chi connectivity index (χ0) is 11.3. The third kappa shape index (κ3) is 4.04. The number of hydrogen-bond acceptors (Lipinski definition) is 3. The van der Waals surface area contributed by atoms with Gasteiger partial charge in [0.25, 0.3) is 0 Å². The third-order valence-electron chi connectivity index (χ3n) is 2.70. The fourth-order valence-electron chi connectivity index (χ4n) is 1.97.